The van der Waals surface area contributed by atoms with Gasteiger partial charge in [0, 0.05) is 6.54 Å². The highest BCUT2D eigenvalue weighted by Crippen LogP contribution is 2.14. The first-order chi connectivity index (χ1) is 12.2. The predicted molar refractivity (Wildman–Crippen MR) is 97.6 cm³/mol. The fourth-order valence-electron chi connectivity index (χ4n) is 2.50. The van der Waals surface area contributed by atoms with E-state index in [0.717, 1.165) is 22.3 Å². The van der Waals surface area contributed by atoms with Crippen molar-refractivity contribution in [3.05, 3.63) is 60.4 Å². The lowest BCUT2D eigenvalue weighted by Gasteiger charge is -2.11. The van der Waals surface area contributed by atoms with Crippen molar-refractivity contribution in [2.45, 2.75) is 13.5 Å². The molecule has 6 heteroatoms. The Morgan fingerprint density at radius 2 is 2.04 bits per heavy atom. The highest BCUT2D eigenvalue weighted by molar-refractivity contribution is 5.83. The molecule has 25 heavy (non-hydrogen) atoms. The number of benzene rings is 2. The number of nitrogens with one attached hydrogen (secondary N) is 1. The van der Waals surface area contributed by atoms with E-state index in [4.69, 9.17) is 4.74 Å². The molecule has 0 aliphatic rings. The summed E-state index contributed by atoms with van der Waals surface area (Å²) in [6.45, 7) is 2.41. The molecule has 0 fully saturated rings. The molecule has 0 aliphatic heterocycles. The molecular weight excluding hydrogens is 316 g/mol. The fraction of sp³-hybridized carbons (Fsp3) is 0.211. The van der Waals surface area contributed by atoms with Crippen LogP contribution < -0.4 is 10.2 Å². The molecule has 3 aromatic rings. The first kappa shape index (κ1) is 16.7. The van der Waals surface area contributed by atoms with Gasteiger partial charge in [-0.15, -0.1) is 0 Å². The van der Waals surface area contributed by atoms with E-state index in [1.165, 1.54) is 0 Å². The third kappa shape index (κ3) is 4.03. The predicted octanol–water partition coefficient (Wildman–Crippen LogP) is 2.83. The second-order valence-electron chi connectivity index (χ2n) is 5.79. The standard InChI is InChI=1S/C19H20N4O2/c1-14(12-23-13-20-17-5-3-4-6-18(17)23)19(24)22-21-11-15-7-9-16(25-2)10-8-15/h3-11,13-14H,12H2,1-2H3,(H,22,24)/b21-11-/t14-/m1/s1. The summed E-state index contributed by atoms with van der Waals surface area (Å²) in [5.74, 6) is 0.413. The minimum Gasteiger partial charge on any atom is -0.497 e. The van der Waals surface area contributed by atoms with Crippen molar-refractivity contribution in [1.29, 1.82) is 0 Å². The van der Waals surface area contributed by atoms with Crippen molar-refractivity contribution in [3.8, 4) is 5.75 Å². The van der Waals surface area contributed by atoms with Crippen molar-refractivity contribution in [2.75, 3.05) is 7.11 Å². The van der Waals surface area contributed by atoms with Crippen LogP contribution in [0.25, 0.3) is 11.0 Å². The summed E-state index contributed by atoms with van der Waals surface area (Å²) in [5, 5.41) is 4.02. The topological polar surface area (TPSA) is 68.5 Å². The number of hydrogen-bond donors (Lipinski definition) is 1. The highest BCUT2D eigenvalue weighted by Gasteiger charge is 2.14. The zero-order chi connectivity index (χ0) is 17.6. The SMILES string of the molecule is COc1ccc(/C=N\NC(=O)[C@H](C)Cn2cnc3ccccc32)cc1. The van der Waals surface area contributed by atoms with Gasteiger partial charge in [-0.1, -0.05) is 19.1 Å². The minimum atomic E-state index is -0.231. The number of rotatable bonds is 6. The van der Waals surface area contributed by atoms with Gasteiger partial charge in [0.15, 0.2) is 0 Å². The summed E-state index contributed by atoms with van der Waals surface area (Å²) >= 11 is 0. The molecule has 1 N–H and O–H groups in total. The average Bonchev–Trinajstić information content (AvgIpc) is 3.05. The number of amides is 1. The molecule has 1 heterocycles. The lowest BCUT2D eigenvalue weighted by atomic mass is 10.1. The van der Waals surface area contributed by atoms with E-state index >= 15 is 0 Å². The van der Waals surface area contributed by atoms with Crippen molar-refractivity contribution >= 4 is 23.2 Å². The number of fused-ring (bicyclic) bond motifs is 1. The maximum absolute atomic E-state index is 12.2. The summed E-state index contributed by atoms with van der Waals surface area (Å²) in [6.07, 6.45) is 3.37. The van der Waals surface area contributed by atoms with Crippen LogP contribution in [0.2, 0.25) is 0 Å². The summed E-state index contributed by atoms with van der Waals surface area (Å²) in [5.41, 5.74) is 5.41. The van der Waals surface area contributed by atoms with E-state index in [1.54, 1.807) is 19.7 Å². The van der Waals surface area contributed by atoms with E-state index < -0.39 is 0 Å². The number of nitrogens with zero attached hydrogens (tertiary/aromatic N) is 3. The third-order valence-corrected chi connectivity index (χ3v) is 3.95. The minimum absolute atomic E-state index is 0.137. The Kier molecular flexibility index (Phi) is 5.09. The fourth-order valence-corrected chi connectivity index (χ4v) is 2.50. The number of carbonyl (C=O) groups excluding carboxylic acids is 1. The van der Waals surface area contributed by atoms with Crippen LogP contribution >= 0.6 is 0 Å². The number of methoxy groups -OCH3 is 1. The molecule has 2 aromatic carbocycles. The third-order valence-electron chi connectivity index (χ3n) is 3.95. The highest BCUT2D eigenvalue weighted by atomic mass is 16.5. The van der Waals surface area contributed by atoms with Gasteiger partial charge in [-0.25, -0.2) is 10.4 Å². The van der Waals surface area contributed by atoms with E-state index in [-0.39, 0.29) is 11.8 Å². The molecule has 1 aromatic heterocycles. The smallest absolute Gasteiger partial charge is 0.244 e. The van der Waals surface area contributed by atoms with Crippen molar-refractivity contribution in [2.24, 2.45) is 11.0 Å². The van der Waals surface area contributed by atoms with Crippen LogP contribution in [-0.4, -0.2) is 28.8 Å². The van der Waals surface area contributed by atoms with E-state index in [2.05, 4.69) is 15.5 Å². The number of ether oxygens (including phenoxy) is 1. The van der Waals surface area contributed by atoms with E-state index in [1.807, 2.05) is 60.0 Å². The average molecular weight is 336 g/mol. The number of para-hydroxylation sites is 2. The van der Waals surface area contributed by atoms with Crippen LogP contribution in [0.3, 0.4) is 0 Å². The van der Waals surface area contributed by atoms with Crippen LogP contribution in [-0.2, 0) is 11.3 Å². The number of carbonyl (C=O) groups is 1. The largest absolute Gasteiger partial charge is 0.497 e. The van der Waals surface area contributed by atoms with Gasteiger partial charge in [0.25, 0.3) is 0 Å². The van der Waals surface area contributed by atoms with E-state index in [9.17, 15) is 4.79 Å². The van der Waals surface area contributed by atoms with Gasteiger partial charge in [0.2, 0.25) is 5.91 Å². The molecule has 0 bridgehead atoms. The first-order valence-corrected chi connectivity index (χ1v) is 8.04. The van der Waals surface area contributed by atoms with Crippen LogP contribution in [0.1, 0.15) is 12.5 Å². The van der Waals surface area contributed by atoms with Gasteiger partial charge in [0.1, 0.15) is 5.75 Å². The van der Waals surface area contributed by atoms with Crippen LogP contribution in [0.5, 0.6) is 5.75 Å². The zero-order valence-electron chi connectivity index (χ0n) is 14.2. The monoisotopic (exact) mass is 336 g/mol. The number of hydrogen-bond acceptors (Lipinski definition) is 4. The molecule has 1 amide bonds. The number of imidazole rings is 1. The Labute approximate surface area is 146 Å². The molecule has 0 radical (unpaired) electrons. The Bertz CT molecular complexity index is 884. The summed E-state index contributed by atoms with van der Waals surface area (Å²) < 4.78 is 7.08. The van der Waals surface area contributed by atoms with Crippen molar-refractivity contribution in [3.63, 3.8) is 0 Å². The van der Waals surface area contributed by atoms with Gasteiger partial charge in [-0.05, 0) is 42.0 Å². The van der Waals surface area contributed by atoms with Gasteiger partial charge in [-0.2, -0.15) is 5.10 Å². The Morgan fingerprint density at radius 1 is 1.28 bits per heavy atom. The van der Waals surface area contributed by atoms with Crippen LogP contribution in [0.15, 0.2) is 60.0 Å². The molecule has 1 atom stereocenters. The normalized spacial score (nSPS) is 12.4. The maximum Gasteiger partial charge on any atom is 0.244 e. The van der Waals surface area contributed by atoms with E-state index in [0.29, 0.717) is 6.54 Å². The quantitative estimate of drug-likeness (QED) is 0.556. The van der Waals surface area contributed by atoms with Crippen LogP contribution in [0, 0.1) is 5.92 Å². The van der Waals surface area contributed by atoms with Gasteiger partial charge >= 0.3 is 0 Å². The first-order valence-electron chi connectivity index (χ1n) is 8.04. The van der Waals surface area contributed by atoms with Gasteiger partial charge in [-0.3, -0.25) is 4.79 Å². The Hall–Kier alpha value is -3.15. The Balaban J connectivity index is 1.57. The van der Waals surface area contributed by atoms with Crippen LogP contribution in [0.4, 0.5) is 0 Å². The lowest BCUT2D eigenvalue weighted by Crippen LogP contribution is -2.27. The summed E-state index contributed by atoms with van der Waals surface area (Å²) in [6, 6.07) is 15.3. The van der Waals surface area contributed by atoms with Crippen molar-refractivity contribution < 1.29 is 9.53 Å². The molecule has 6 nitrogen and oxygen atoms in total. The summed E-state index contributed by atoms with van der Waals surface area (Å²) in [4.78, 5) is 16.6. The molecular formula is C19H20N4O2. The molecule has 128 valence electrons. The molecule has 0 aliphatic carbocycles. The van der Waals surface area contributed by atoms with Crippen molar-refractivity contribution in [1.82, 2.24) is 15.0 Å². The molecule has 0 saturated carbocycles. The lowest BCUT2D eigenvalue weighted by molar-refractivity contribution is -0.124. The molecule has 0 saturated heterocycles. The molecule has 0 spiro atoms. The second-order valence-corrected chi connectivity index (χ2v) is 5.79. The molecule has 0 unspecified atom stereocenters. The Morgan fingerprint density at radius 3 is 2.80 bits per heavy atom. The molecule has 3 rings (SSSR count). The van der Waals surface area contributed by atoms with Gasteiger partial charge in [0.05, 0.1) is 36.6 Å². The summed E-state index contributed by atoms with van der Waals surface area (Å²) in [7, 11) is 1.62. The second kappa shape index (κ2) is 7.61. The zero-order valence-corrected chi connectivity index (χ0v) is 14.2. The maximum atomic E-state index is 12.2. The number of hydrazone groups is 1. The number of aromatic nitrogens is 2. The van der Waals surface area contributed by atoms with Gasteiger partial charge < -0.3 is 9.30 Å².